The van der Waals surface area contributed by atoms with Crippen molar-refractivity contribution in [3.63, 3.8) is 0 Å². The largest absolute Gasteiger partial charge is 0.493 e. The van der Waals surface area contributed by atoms with E-state index >= 15 is 0 Å². The van der Waals surface area contributed by atoms with Gasteiger partial charge in [0, 0.05) is 29.1 Å². The number of rotatable bonds is 5. The number of carbonyl (C=O) groups is 1. The van der Waals surface area contributed by atoms with E-state index in [9.17, 15) is 4.79 Å². The zero-order valence-electron chi connectivity index (χ0n) is 13.9. The van der Waals surface area contributed by atoms with Crippen LogP contribution in [0.1, 0.15) is 21.5 Å². The SMILES string of the molecule is COc1ccc(C(=O)c2c[nH]cc2-c2ccc(C)cc2)cc1OC. The standard InChI is InChI=1S/C20H19NO3/c1-13-4-6-14(7-5-13)16-11-21-12-17(16)20(22)15-8-9-18(23-2)19(10-15)24-3/h4-12,21H,1-3H3. The average Bonchev–Trinajstić information content (AvgIpc) is 3.10. The van der Waals surface area contributed by atoms with Gasteiger partial charge in [0.1, 0.15) is 0 Å². The molecule has 4 heteroatoms. The maximum Gasteiger partial charge on any atom is 0.195 e. The number of aromatic amines is 1. The Morgan fingerprint density at radius 3 is 2.29 bits per heavy atom. The Balaban J connectivity index is 2.00. The van der Waals surface area contributed by atoms with Crippen molar-refractivity contribution in [2.24, 2.45) is 0 Å². The van der Waals surface area contributed by atoms with E-state index < -0.39 is 0 Å². The van der Waals surface area contributed by atoms with Crippen molar-refractivity contribution in [3.8, 4) is 22.6 Å². The van der Waals surface area contributed by atoms with Crippen molar-refractivity contribution in [3.05, 3.63) is 71.5 Å². The fraction of sp³-hybridized carbons (Fsp3) is 0.150. The second-order valence-corrected chi connectivity index (χ2v) is 5.55. The quantitative estimate of drug-likeness (QED) is 0.715. The molecule has 1 aromatic heterocycles. The lowest BCUT2D eigenvalue weighted by Crippen LogP contribution is -2.03. The van der Waals surface area contributed by atoms with E-state index in [4.69, 9.17) is 9.47 Å². The molecule has 0 atom stereocenters. The molecule has 0 unspecified atom stereocenters. The van der Waals surface area contributed by atoms with Gasteiger partial charge in [-0.25, -0.2) is 0 Å². The Morgan fingerprint density at radius 1 is 0.917 bits per heavy atom. The minimum Gasteiger partial charge on any atom is -0.493 e. The van der Waals surface area contributed by atoms with Gasteiger partial charge >= 0.3 is 0 Å². The third-order valence-electron chi connectivity index (χ3n) is 4.00. The van der Waals surface area contributed by atoms with Gasteiger partial charge in [0.05, 0.1) is 14.2 Å². The molecule has 0 saturated heterocycles. The first-order valence-corrected chi connectivity index (χ1v) is 7.64. The van der Waals surface area contributed by atoms with Crippen LogP contribution in [0.15, 0.2) is 54.9 Å². The number of methoxy groups -OCH3 is 2. The highest BCUT2D eigenvalue weighted by atomic mass is 16.5. The molecule has 0 bridgehead atoms. The topological polar surface area (TPSA) is 51.3 Å². The van der Waals surface area contributed by atoms with Crippen LogP contribution in [0.5, 0.6) is 11.5 Å². The van der Waals surface area contributed by atoms with Crippen LogP contribution in [0.25, 0.3) is 11.1 Å². The minimum atomic E-state index is -0.0622. The van der Waals surface area contributed by atoms with E-state index in [2.05, 4.69) is 4.98 Å². The van der Waals surface area contributed by atoms with Gasteiger partial charge in [-0.05, 0) is 30.7 Å². The molecule has 0 radical (unpaired) electrons. The van der Waals surface area contributed by atoms with Gasteiger partial charge in [-0.2, -0.15) is 0 Å². The lowest BCUT2D eigenvalue weighted by Gasteiger charge is -2.09. The molecule has 0 amide bonds. The van der Waals surface area contributed by atoms with Crippen molar-refractivity contribution in [2.45, 2.75) is 6.92 Å². The molecule has 0 fully saturated rings. The molecule has 1 N–H and O–H groups in total. The Hall–Kier alpha value is -3.01. The Bertz CT molecular complexity index is 863. The number of hydrogen-bond donors (Lipinski definition) is 1. The average molecular weight is 321 g/mol. The zero-order valence-corrected chi connectivity index (χ0v) is 13.9. The Morgan fingerprint density at radius 2 is 1.62 bits per heavy atom. The van der Waals surface area contributed by atoms with Gasteiger partial charge in [-0.3, -0.25) is 4.79 Å². The van der Waals surface area contributed by atoms with E-state index in [0.717, 1.165) is 11.1 Å². The number of nitrogens with one attached hydrogen (secondary N) is 1. The summed E-state index contributed by atoms with van der Waals surface area (Å²) in [5.41, 5.74) is 4.26. The molecular formula is C20H19NO3. The van der Waals surface area contributed by atoms with Crippen LogP contribution in [0, 0.1) is 6.92 Å². The maximum atomic E-state index is 12.9. The van der Waals surface area contributed by atoms with Crippen molar-refractivity contribution < 1.29 is 14.3 Å². The molecule has 3 rings (SSSR count). The molecule has 4 nitrogen and oxygen atoms in total. The van der Waals surface area contributed by atoms with Gasteiger partial charge in [0.25, 0.3) is 0 Å². The summed E-state index contributed by atoms with van der Waals surface area (Å²) in [6.45, 7) is 2.04. The number of carbonyl (C=O) groups excluding carboxylic acids is 1. The van der Waals surface area contributed by atoms with Crippen LogP contribution in [0.4, 0.5) is 0 Å². The van der Waals surface area contributed by atoms with Crippen LogP contribution < -0.4 is 9.47 Å². The summed E-state index contributed by atoms with van der Waals surface area (Å²) in [5.74, 6) is 1.07. The molecule has 122 valence electrons. The number of ketones is 1. The summed E-state index contributed by atoms with van der Waals surface area (Å²) in [6.07, 6.45) is 3.58. The van der Waals surface area contributed by atoms with Gasteiger partial charge in [0.15, 0.2) is 17.3 Å². The number of H-pyrrole nitrogens is 1. The lowest BCUT2D eigenvalue weighted by molar-refractivity contribution is 0.103. The summed E-state index contributed by atoms with van der Waals surface area (Å²) in [4.78, 5) is 16.0. The van der Waals surface area contributed by atoms with Crippen molar-refractivity contribution >= 4 is 5.78 Å². The van der Waals surface area contributed by atoms with E-state index in [1.165, 1.54) is 5.56 Å². The van der Waals surface area contributed by atoms with Crippen LogP contribution >= 0.6 is 0 Å². The van der Waals surface area contributed by atoms with Gasteiger partial charge < -0.3 is 14.5 Å². The first-order chi connectivity index (χ1) is 11.6. The summed E-state index contributed by atoms with van der Waals surface area (Å²) < 4.78 is 10.5. The van der Waals surface area contributed by atoms with E-state index in [-0.39, 0.29) is 5.78 Å². The molecular weight excluding hydrogens is 302 g/mol. The summed E-state index contributed by atoms with van der Waals surface area (Å²) in [6, 6.07) is 13.3. The first-order valence-electron chi connectivity index (χ1n) is 7.64. The smallest absolute Gasteiger partial charge is 0.195 e. The van der Waals surface area contributed by atoms with Crippen LogP contribution in [-0.2, 0) is 0 Å². The number of aryl methyl sites for hydroxylation is 1. The highest BCUT2D eigenvalue weighted by molar-refractivity contribution is 6.13. The molecule has 24 heavy (non-hydrogen) atoms. The van der Waals surface area contributed by atoms with Crippen molar-refractivity contribution in [1.29, 1.82) is 0 Å². The fourth-order valence-electron chi connectivity index (χ4n) is 2.66. The number of ether oxygens (including phenoxy) is 2. The molecule has 0 aliphatic heterocycles. The van der Waals surface area contributed by atoms with Crippen LogP contribution in [-0.4, -0.2) is 25.0 Å². The monoisotopic (exact) mass is 321 g/mol. The summed E-state index contributed by atoms with van der Waals surface area (Å²) >= 11 is 0. The molecule has 0 spiro atoms. The van der Waals surface area contributed by atoms with Gasteiger partial charge in [-0.1, -0.05) is 29.8 Å². The van der Waals surface area contributed by atoms with E-state index in [0.29, 0.717) is 22.6 Å². The molecule has 0 aliphatic rings. The van der Waals surface area contributed by atoms with Gasteiger partial charge in [-0.15, -0.1) is 0 Å². The number of hydrogen-bond acceptors (Lipinski definition) is 3. The normalized spacial score (nSPS) is 10.5. The third kappa shape index (κ3) is 2.91. The van der Waals surface area contributed by atoms with E-state index in [1.54, 1.807) is 38.6 Å². The summed E-state index contributed by atoms with van der Waals surface area (Å²) in [7, 11) is 3.13. The Kier molecular flexibility index (Phi) is 4.38. The number of aromatic nitrogens is 1. The zero-order chi connectivity index (χ0) is 17.1. The van der Waals surface area contributed by atoms with Crippen LogP contribution in [0.2, 0.25) is 0 Å². The highest BCUT2D eigenvalue weighted by Gasteiger charge is 2.17. The first kappa shape index (κ1) is 15.9. The van der Waals surface area contributed by atoms with E-state index in [1.807, 2.05) is 37.4 Å². The van der Waals surface area contributed by atoms with Crippen LogP contribution in [0.3, 0.4) is 0 Å². The molecule has 0 saturated carbocycles. The second-order valence-electron chi connectivity index (χ2n) is 5.55. The van der Waals surface area contributed by atoms with Crippen molar-refractivity contribution in [2.75, 3.05) is 14.2 Å². The molecule has 1 heterocycles. The number of benzene rings is 2. The predicted octanol–water partition coefficient (Wildman–Crippen LogP) is 4.24. The molecule has 0 aliphatic carbocycles. The summed E-state index contributed by atoms with van der Waals surface area (Å²) in [5, 5.41) is 0. The maximum absolute atomic E-state index is 12.9. The van der Waals surface area contributed by atoms with Crippen molar-refractivity contribution in [1.82, 2.24) is 4.98 Å². The molecule has 3 aromatic rings. The minimum absolute atomic E-state index is 0.0622. The third-order valence-corrected chi connectivity index (χ3v) is 4.00. The highest BCUT2D eigenvalue weighted by Crippen LogP contribution is 2.31. The van der Waals surface area contributed by atoms with Gasteiger partial charge in [0.2, 0.25) is 0 Å². The Labute approximate surface area is 141 Å². The second kappa shape index (κ2) is 6.62. The fourth-order valence-corrected chi connectivity index (χ4v) is 2.66. The molecule has 2 aromatic carbocycles. The predicted molar refractivity (Wildman–Crippen MR) is 93.9 cm³/mol. The lowest BCUT2D eigenvalue weighted by atomic mass is 9.97.